The van der Waals surface area contributed by atoms with Crippen molar-refractivity contribution in [1.82, 2.24) is 9.78 Å². The molecule has 3 unspecified atom stereocenters. The molecule has 0 saturated carbocycles. The highest BCUT2D eigenvalue weighted by molar-refractivity contribution is 8.07. The van der Waals surface area contributed by atoms with Gasteiger partial charge in [0, 0.05) is 47.7 Å². The minimum Gasteiger partial charge on any atom is -0.326 e. The van der Waals surface area contributed by atoms with Crippen LogP contribution in [0.15, 0.2) is 12.3 Å². The average Bonchev–Trinajstić information content (AvgIpc) is 2.64. The van der Waals surface area contributed by atoms with E-state index in [2.05, 4.69) is 18.1 Å². The van der Waals surface area contributed by atoms with Gasteiger partial charge in [0.25, 0.3) is 0 Å². The quantitative estimate of drug-likeness (QED) is 0.892. The molecule has 1 aliphatic heterocycles. The maximum atomic E-state index is 6.30. The summed E-state index contributed by atoms with van der Waals surface area (Å²) in [5.74, 6) is 2.49. The summed E-state index contributed by atoms with van der Waals surface area (Å²) in [7, 11) is 1.95. The monoisotopic (exact) mass is 257 g/mol. The molecule has 0 aromatic carbocycles. The van der Waals surface area contributed by atoms with Crippen molar-refractivity contribution in [3.63, 3.8) is 0 Å². The third kappa shape index (κ3) is 2.96. The van der Waals surface area contributed by atoms with E-state index in [0.29, 0.717) is 10.5 Å². The van der Waals surface area contributed by atoms with Gasteiger partial charge in [-0.3, -0.25) is 4.68 Å². The van der Waals surface area contributed by atoms with Crippen LogP contribution in [0.5, 0.6) is 0 Å². The second-order valence-corrected chi connectivity index (χ2v) is 7.03. The van der Waals surface area contributed by atoms with Crippen LogP contribution in [-0.2, 0) is 13.5 Å². The molecule has 0 amide bonds. The number of nitrogens with zero attached hydrogens (tertiary/aromatic N) is 2. The molecule has 1 aromatic rings. The van der Waals surface area contributed by atoms with Crippen LogP contribution >= 0.6 is 23.5 Å². The summed E-state index contributed by atoms with van der Waals surface area (Å²) >= 11 is 4.07. The predicted octanol–water partition coefficient (Wildman–Crippen LogP) is 1.53. The van der Waals surface area contributed by atoms with Gasteiger partial charge >= 0.3 is 0 Å². The summed E-state index contributed by atoms with van der Waals surface area (Å²) in [6, 6.07) is 2.29. The highest BCUT2D eigenvalue weighted by atomic mass is 32.2. The zero-order valence-electron chi connectivity index (χ0n) is 9.80. The lowest BCUT2D eigenvalue weighted by atomic mass is 10.1. The zero-order valence-corrected chi connectivity index (χ0v) is 11.4. The third-order valence-corrected chi connectivity index (χ3v) is 6.14. The fourth-order valence-electron chi connectivity index (χ4n) is 2.05. The summed E-state index contributed by atoms with van der Waals surface area (Å²) in [5.41, 5.74) is 7.41. The summed E-state index contributed by atoms with van der Waals surface area (Å²) < 4.78 is 1.84. The summed E-state index contributed by atoms with van der Waals surface area (Å²) in [6.45, 7) is 2.29. The van der Waals surface area contributed by atoms with Crippen LogP contribution in [0.2, 0.25) is 0 Å². The van der Waals surface area contributed by atoms with E-state index in [1.54, 1.807) is 0 Å². The van der Waals surface area contributed by atoms with Gasteiger partial charge in [-0.15, -0.1) is 0 Å². The van der Waals surface area contributed by atoms with Gasteiger partial charge < -0.3 is 5.73 Å². The smallest absolute Gasteiger partial charge is 0.0640 e. The Bertz CT molecular complexity index is 340. The molecular formula is C11H19N3S2. The van der Waals surface area contributed by atoms with E-state index in [1.807, 2.05) is 41.5 Å². The van der Waals surface area contributed by atoms with Crippen molar-refractivity contribution in [2.75, 3.05) is 11.5 Å². The number of aromatic nitrogens is 2. The number of aryl methyl sites for hydroxylation is 1. The summed E-state index contributed by atoms with van der Waals surface area (Å²) in [4.78, 5) is 0. The second kappa shape index (κ2) is 5.47. The minimum absolute atomic E-state index is 0.225. The molecule has 0 radical (unpaired) electrons. The van der Waals surface area contributed by atoms with Crippen LogP contribution in [-0.4, -0.2) is 37.8 Å². The van der Waals surface area contributed by atoms with Crippen molar-refractivity contribution in [3.05, 3.63) is 18.0 Å². The van der Waals surface area contributed by atoms with Gasteiger partial charge in [-0.25, -0.2) is 0 Å². The molecule has 16 heavy (non-hydrogen) atoms. The topological polar surface area (TPSA) is 43.8 Å². The van der Waals surface area contributed by atoms with Gasteiger partial charge in [0.15, 0.2) is 0 Å². The van der Waals surface area contributed by atoms with Crippen molar-refractivity contribution < 1.29 is 0 Å². The van der Waals surface area contributed by atoms with Crippen molar-refractivity contribution in [2.45, 2.75) is 29.9 Å². The van der Waals surface area contributed by atoms with E-state index in [-0.39, 0.29) is 6.04 Å². The van der Waals surface area contributed by atoms with Crippen molar-refractivity contribution in [3.8, 4) is 0 Å². The Morgan fingerprint density at radius 3 is 2.94 bits per heavy atom. The largest absolute Gasteiger partial charge is 0.326 e. The molecule has 0 spiro atoms. The highest BCUT2D eigenvalue weighted by Crippen LogP contribution is 2.33. The molecule has 3 nitrogen and oxygen atoms in total. The lowest BCUT2D eigenvalue weighted by Crippen LogP contribution is -2.42. The van der Waals surface area contributed by atoms with Crippen LogP contribution in [0.3, 0.4) is 0 Å². The van der Waals surface area contributed by atoms with Gasteiger partial charge in [-0.05, 0) is 6.07 Å². The van der Waals surface area contributed by atoms with E-state index in [0.717, 1.165) is 12.1 Å². The standard InChI is InChI=1S/C11H19N3S2/c1-8-11(16-6-5-15-8)10(12)7-9-3-4-14(2)13-9/h3-4,8,10-11H,5-7,12H2,1-2H3. The first-order chi connectivity index (χ1) is 7.66. The number of thioether (sulfide) groups is 2. The van der Waals surface area contributed by atoms with E-state index in [4.69, 9.17) is 5.73 Å². The Morgan fingerprint density at radius 2 is 2.31 bits per heavy atom. The molecule has 1 saturated heterocycles. The molecule has 1 fully saturated rings. The predicted molar refractivity (Wildman–Crippen MR) is 73.1 cm³/mol. The first-order valence-corrected chi connectivity index (χ1v) is 7.74. The van der Waals surface area contributed by atoms with E-state index >= 15 is 0 Å². The fourth-order valence-corrected chi connectivity index (χ4v) is 4.94. The first kappa shape index (κ1) is 12.3. The Hall–Kier alpha value is -0.130. The van der Waals surface area contributed by atoms with Gasteiger partial charge in [-0.1, -0.05) is 6.92 Å². The molecule has 2 rings (SSSR count). The Balaban J connectivity index is 1.93. The maximum absolute atomic E-state index is 6.30. The number of hydrogen-bond donors (Lipinski definition) is 1. The van der Waals surface area contributed by atoms with Crippen LogP contribution in [0.1, 0.15) is 12.6 Å². The fraction of sp³-hybridized carbons (Fsp3) is 0.727. The Kier molecular flexibility index (Phi) is 4.21. The highest BCUT2D eigenvalue weighted by Gasteiger charge is 2.28. The molecular weight excluding hydrogens is 238 g/mol. The van der Waals surface area contributed by atoms with E-state index in [1.165, 1.54) is 11.5 Å². The molecule has 3 atom stereocenters. The third-order valence-electron chi connectivity index (χ3n) is 2.87. The molecule has 5 heteroatoms. The van der Waals surface area contributed by atoms with Crippen molar-refractivity contribution in [1.29, 1.82) is 0 Å². The molecule has 0 aliphatic carbocycles. The van der Waals surface area contributed by atoms with E-state index < -0.39 is 0 Å². The maximum Gasteiger partial charge on any atom is 0.0640 e. The molecule has 1 aromatic heterocycles. The van der Waals surface area contributed by atoms with Gasteiger partial charge in [0.1, 0.15) is 0 Å². The lowest BCUT2D eigenvalue weighted by Gasteiger charge is -2.32. The van der Waals surface area contributed by atoms with Crippen LogP contribution < -0.4 is 5.73 Å². The lowest BCUT2D eigenvalue weighted by molar-refractivity contribution is 0.605. The van der Waals surface area contributed by atoms with Crippen molar-refractivity contribution in [2.24, 2.45) is 12.8 Å². The molecule has 2 heterocycles. The minimum atomic E-state index is 0.225. The Morgan fingerprint density at radius 1 is 1.56 bits per heavy atom. The summed E-state index contributed by atoms with van der Waals surface area (Å²) in [6.07, 6.45) is 2.87. The molecule has 0 bridgehead atoms. The van der Waals surface area contributed by atoms with Crippen LogP contribution in [0.25, 0.3) is 0 Å². The summed E-state index contributed by atoms with van der Waals surface area (Å²) in [5, 5.41) is 5.63. The molecule has 90 valence electrons. The molecule has 1 aliphatic rings. The SMILES string of the molecule is CC1SCCSC1C(N)Cc1ccn(C)n1. The molecule has 2 N–H and O–H groups in total. The van der Waals surface area contributed by atoms with Crippen molar-refractivity contribution >= 4 is 23.5 Å². The number of rotatable bonds is 3. The van der Waals surface area contributed by atoms with Gasteiger partial charge in [0.2, 0.25) is 0 Å². The normalized spacial score (nSPS) is 27.9. The number of nitrogens with two attached hydrogens (primary N) is 1. The van der Waals surface area contributed by atoms with Gasteiger partial charge in [0.05, 0.1) is 5.69 Å². The Labute approximate surface area is 106 Å². The first-order valence-electron chi connectivity index (χ1n) is 5.64. The zero-order chi connectivity index (χ0) is 11.5. The van der Waals surface area contributed by atoms with E-state index in [9.17, 15) is 0 Å². The van der Waals surface area contributed by atoms with Crippen LogP contribution in [0, 0.1) is 0 Å². The second-order valence-electron chi connectivity index (χ2n) is 4.26. The van der Waals surface area contributed by atoms with Crippen LogP contribution in [0.4, 0.5) is 0 Å². The van der Waals surface area contributed by atoms with Gasteiger partial charge in [-0.2, -0.15) is 28.6 Å². The number of hydrogen-bond acceptors (Lipinski definition) is 4. The average molecular weight is 257 g/mol.